The van der Waals surface area contributed by atoms with Gasteiger partial charge in [-0.15, -0.1) is 12.4 Å². The van der Waals surface area contributed by atoms with Crippen molar-refractivity contribution in [2.45, 2.75) is 31.5 Å². The maximum absolute atomic E-state index is 13.4. The molecular weight excluding hydrogens is 348 g/mol. The summed E-state index contributed by atoms with van der Waals surface area (Å²) in [6.45, 7) is 3.24. The molecule has 0 spiro atoms. The van der Waals surface area contributed by atoms with Crippen LogP contribution in [0.2, 0.25) is 5.02 Å². The molecule has 0 aromatic heterocycles. The first-order valence-corrected chi connectivity index (χ1v) is 8.14. The van der Waals surface area contributed by atoms with Gasteiger partial charge in [0.05, 0.1) is 5.56 Å². The van der Waals surface area contributed by atoms with Gasteiger partial charge in [-0.1, -0.05) is 30.5 Å². The number of rotatable bonds is 4. The zero-order chi connectivity index (χ0) is 15.7. The van der Waals surface area contributed by atoms with Gasteiger partial charge in [0.2, 0.25) is 0 Å². The Bertz CT molecular complexity index is 527. The fraction of sp³-hybridized carbons (Fsp3) is 0.625. The van der Waals surface area contributed by atoms with Crippen LogP contribution in [0.15, 0.2) is 18.2 Å². The molecular formula is C16H21Cl2F3N2. The zero-order valence-corrected chi connectivity index (χ0v) is 14.3. The van der Waals surface area contributed by atoms with Crippen molar-refractivity contribution in [1.29, 1.82) is 0 Å². The molecule has 2 nitrogen and oxygen atoms in total. The van der Waals surface area contributed by atoms with E-state index in [1.807, 2.05) is 0 Å². The van der Waals surface area contributed by atoms with E-state index in [0.29, 0.717) is 11.5 Å². The van der Waals surface area contributed by atoms with Crippen molar-refractivity contribution < 1.29 is 13.2 Å². The molecule has 2 aliphatic rings. The lowest BCUT2D eigenvalue weighted by Crippen LogP contribution is -2.45. The zero-order valence-electron chi connectivity index (χ0n) is 12.7. The minimum Gasteiger partial charge on any atom is -0.314 e. The molecule has 23 heavy (non-hydrogen) atoms. The molecule has 1 aromatic rings. The Balaban J connectivity index is 0.00000192. The largest absolute Gasteiger partial charge is 0.416 e. The Morgan fingerprint density at radius 3 is 2.43 bits per heavy atom. The molecule has 1 atom stereocenters. The van der Waals surface area contributed by atoms with Gasteiger partial charge >= 0.3 is 6.18 Å². The first-order valence-electron chi connectivity index (χ1n) is 7.76. The minimum absolute atomic E-state index is 0. The highest BCUT2D eigenvalue weighted by molar-refractivity contribution is 6.30. The van der Waals surface area contributed by atoms with E-state index in [0.717, 1.165) is 51.5 Å². The standard InChI is InChI=1S/C16H20ClF3N2.ClH/c17-12-3-4-13(14(10-12)16(18,19)20)15(9-11-1-2-11)22-7-5-21-6-8-22;/h3-4,10-11,15,21H,1-2,5-9H2;1H/t15-;/m0./s1. The molecule has 1 heterocycles. The minimum atomic E-state index is -4.37. The molecule has 1 saturated carbocycles. The second kappa shape index (κ2) is 7.60. The topological polar surface area (TPSA) is 15.3 Å². The van der Waals surface area contributed by atoms with Crippen molar-refractivity contribution in [3.8, 4) is 0 Å². The SMILES string of the molecule is Cl.FC(F)(F)c1cc(Cl)ccc1[C@H](CC1CC1)N1CCNCC1. The Kier molecular flexibility index (Phi) is 6.22. The van der Waals surface area contributed by atoms with Crippen LogP contribution in [0.3, 0.4) is 0 Å². The van der Waals surface area contributed by atoms with Gasteiger partial charge in [0.1, 0.15) is 0 Å². The molecule has 1 aliphatic heterocycles. The summed E-state index contributed by atoms with van der Waals surface area (Å²) in [6.07, 6.45) is -1.28. The van der Waals surface area contributed by atoms with Crippen LogP contribution in [0.25, 0.3) is 0 Å². The van der Waals surface area contributed by atoms with E-state index < -0.39 is 11.7 Å². The lowest BCUT2D eigenvalue weighted by atomic mass is 9.94. The van der Waals surface area contributed by atoms with E-state index in [1.165, 1.54) is 0 Å². The molecule has 0 amide bonds. The highest BCUT2D eigenvalue weighted by Gasteiger charge is 2.38. The summed E-state index contributed by atoms with van der Waals surface area (Å²) in [6, 6.07) is 4.05. The third-order valence-corrected chi connectivity index (χ3v) is 4.76. The van der Waals surface area contributed by atoms with Crippen molar-refractivity contribution in [1.82, 2.24) is 10.2 Å². The van der Waals surface area contributed by atoms with Crippen LogP contribution in [-0.2, 0) is 6.18 Å². The van der Waals surface area contributed by atoms with Gasteiger partial charge in [-0.25, -0.2) is 0 Å². The molecule has 0 bridgehead atoms. The Morgan fingerprint density at radius 2 is 1.87 bits per heavy atom. The van der Waals surface area contributed by atoms with E-state index in [9.17, 15) is 13.2 Å². The average Bonchev–Trinajstić information content (AvgIpc) is 3.29. The Morgan fingerprint density at radius 1 is 1.22 bits per heavy atom. The number of alkyl halides is 3. The smallest absolute Gasteiger partial charge is 0.314 e. The molecule has 1 N–H and O–H groups in total. The quantitative estimate of drug-likeness (QED) is 0.839. The van der Waals surface area contributed by atoms with Gasteiger partial charge in [-0.2, -0.15) is 13.2 Å². The fourth-order valence-corrected chi connectivity index (χ4v) is 3.37. The second-order valence-corrected chi connectivity index (χ2v) is 6.65. The molecule has 0 radical (unpaired) electrons. The predicted molar refractivity (Wildman–Crippen MR) is 88.2 cm³/mol. The molecule has 1 aromatic carbocycles. The van der Waals surface area contributed by atoms with Crippen LogP contribution >= 0.6 is 24.0 Å². The fourth-order valence-electron chi connectivity index (χ4n) is 3.20. The third-order valence-electron chi connectivity index (χ3n) is 4.53. The summed E-state index contributed by atoms with van der Waals surface area (Å²) in [4.78, 5) is 2.19. The Labute approximate surface area is 145 Å². The molecule has 1 aliphatic carbocycles. The molecule has 2 fully saturated rings. The maximum atomic E-state index is 13.4. The van der Waals surface area contributed by atoms with Gasteiger partial charge in [0, 0.05) is 37.2 Å². The van der Waals surface area contributed by atoms with Gasteiger partial charge in [0.15, 0.2) is 0 Å². The average molecular weight is 369 g/mol. The van der Waals surface area contributed by atoms with Crippen LogP contribution in [0.1, 0.15) is 36.4 Å². The lowest BCUT2D eigenvalue weighted by Gasteiger charge is -2.36. The van der Waals surface area contributed by atoms with E-state index in [1.54, 1.807) is 12.1 Å². The van der Waals surface area contributed by atoms with E-state index in [4.69, 9.17) is 11.6 Å². The van der Waals surface area contributed by atoms with Crippen LogP contribution < -0.4 is 5.32 Å². The summed E-state index contributed by atoms with van der Waals surface area (Å²) >= 11 is 5.81. The van der Waals surface area contributed by atoms with Crippen molar-refractivity contribution in [2.75, 3.05) is 26.2 Å². The van der Waals surface area contributed by atoms with Crippen LogP contribution in [-0.4, -0.2) is 31.1 Å². The number of hydrogen-bond donors (Lipinski definition) is 1. The van der Waals surface area contributed by atoms with Crippen molar-refractivity contribution >= 4 is 24.0 Å². The van der Waals surface area contributed by atoms with Crippen LogP contribution in [0.5, 0.6) is 0 Å². The van der Waals surface area contributed by atoms with E-state index >= 15 is 0 Å². The normalized spacial score (nSPS) is 20.9. The van der Waals surface area contributed by atoms with E-state index in [2.05, 4.69) is 10.2 Å². The van der Waals surface area contributed by atoms with Gasteiger partial charge in [-0.05, 0) is 30.0 Å². The van der Waals surface area contributed by atoms with Gasteiger partial charge in [-0.3, -0.25) is 4.90 Å². The summed E-state index contributed by atoms with van der Waals surface area (Å²) in [5, 5.41) is 3.40. The monoisotopic (exact) mass is 368 g/mol. The van der Waals surface area contributed by atoms with Gasteiger partial charge < -0.3 is 5.32 Å². The van der Waals surface area contributed by atoms with Crippen LogP contribution in [0, 0.1) is 5.92 Å². The Hall–Kier alpha value is -0.490. The lowest BCUT2D eigenvalue weighted by molar-refractivity contribution is -0.138. The molecule has 1 saturated heterocycles. The van der Waals surface area contributed by atoms with Crippen molar-refractivity contribution in [3.63, 3.8) is 0 Å². The molecule has 0 unspecified atom stereocenters. The number of piperazine rings is 1. The van der Waals surface area contributed by atoms with Crippen LogP contribution in [0.4, 0.5) is 13.2 Å². The number of nitrogens with one attached hydrogen (secondary N) is 1. The number of nitrogens with zero attached hydrogens (tertiary/aromatic N) is 1. The second-order valence-electron chi connectivity index (χ2n) is 6.21. The summed E-state index contributed by atoms with van der Waals surface area (Å²) in [7, 11) is 0. The number of halogens is 5. The highest BCUT2D eigenvalue weighted by atomic mass is 35.5. The maximum Gasteiger partial charge on any atom is 0.416 e. The van der Waals surface area contributed by atoms with Crippen molar-refractivity contribution in [3.05, 3.63) is 34.3 Å². The predicted octanol–water partition coefficient (Wildman–Crippen LogP) is 4.53. The first-order chi connectivity index (χ1) is 10.4. The van der Waals surface area contributed by atoms with E-state index in [-0.39, 0.29) is 23.5 Å². The number of hydrogen-bond acceptors (Lipinski definition) is 2. The van der Waals surface area contributed by atoms with Gasteiger partial charge in [0.25, 0.3) is 0 Å². The summed E-state index contributed by atoms with van der Waals surface area (Å²) in [5.74, 6) is 0.566. The first kappa shape index (κ1) is 18.8. The highest BCUT2D eigenvalue weighted by Crippen LogP contribution is 2.44. The summed E-state index contributed by atoms with van der Waals surface area (Å²) < 4.78 is 40.3. The molecule has 7 heteroatoms. The van der Waals surface area contributed by atoms with Crippen molar-refractivity contribution in [2.24, 2.45) is 5.92 Å². The molecule has 3 rings (SSSR count). The molecule has 130 valence electrons. The number of benzene rings is 1. The summed E-state index contributed by atoms with van der Waals surface area (Å²) in [5.41, 5.74) is -0.199. The third kappa shape index (κ3) is 4.75.